The minimum atomic E-state index is -1.05. The molecule has 0 spiro atoms. The van der Waals surface area contributed by atoms with Gasteiger partial charge in [-0.25, -0.2) is 0 Å². The zero-order chi connectivity index (χ0) is 20.8. The van der Waals surface area contributed by atoms with Gasteiger partial charge in [-0.3, -0.25) is 0 Å². The molecule has 0 saturated heterocycles. The summed E-state index contributed by atoms with van der Waals surface area (Å²) in [5.74, 6) is 7.77. The number of carbonyl (C=O) groups excluding carboxylic acids is 1. The van der Waals surface area contributed by atoms with Gasteiger partial charge in [-0.1, -0.05) is 57.0 Å². The number of carboxylic acids is 1. The molecule has 1 aliphatic rings. The van der Waals surface area contributed by atoms with Crippen LogP contribution in [0.2, 0.25) is 0 Å². The van der Waals surface area contributed by atoms with Crippen LogP contribution < -0.4 is 34.7 Å². The van der Waals surface area contributed by atoms with Gasteiger partial charge in [-0.2, -0.15) is 0 Å². The molecular weight excluding hydrogens is 371 g/mol. The van der Waals surface area contributed by atoms with Gasteiger partial charge in [0.15, 0.2) is 0 Å². The number of aliphatic carboxylic acids is 1. The van der Waals surface area contributed by atoms with Crippen molar-refractivity contribution in [3.63, 3.8) is 0 Å². The van der Waals surface area contributed by atoms with Crippen molar-refractivity contribution >= 4 is 5.97 Å². The molecule has 1 aromatic rings. The van der Waals surface area contributed by atoms with Crippen LogP contribution in [0.5, 0.6) is 5.75 Å². The molecule has 1 N–H and O–H groups in total. The summed E-state index contributed by atoms with van der Waals surface area (Å²) >= 11 is 0. The van der Waals surface area contributed by atoms with E-state index < -0.39 is 5.97 Å². The second kappa shape index (κ2) is 16.6. The first-order chi connectivity index (χ1) is 13.4. The summed E-state index contributed by atoms with van der Waals surface area (Å²) < 4.78 is 0. The Morgan fingerprint density at radius 1 is 1.34 bits per heavy atom. The smallest absolute Gasteiger partial charge is 0.550 e. The molecule has 0 heterocycles. The Hall–Kier alpha value is -1.21. The van der Waals surface area contributed by atoms with E-state index in [1.807, 2.05) is 13.0 Å². The largest absolute Gasteiger partial charge is 1.00 e. The molecule has 2 rings (SSSR count). The maximum Gasteiger partial charge on any atom is 1.00 e. The Bertz CT molecular complexity index is 672. The van der Waals surface area contributed by atoms with Crippen molar-refractivity contribution in [1.29, 1.82) is 0 Å². The van der Waals surface area contributed by atoms with Gasteiger partial charge in [0.25, 0.3) is 0 Å². The predicted molar refractivity (Wildman–Crippen MR) is 114 cm³/mol. The number of carbonyl (C=O) groups is 1. The maximum atomic E-state index is 10.1. The molecule has 0 aromatic heterocycles. The van der Waals surface area contributed by atoms with Crippen LogP contribution >= 0.6 is 0 Å². The molecule has 1 aromatic carbocycles. The van der Waals surface area contributed by atoms with Crippen molar-refractivity contribution in [2.75, 3.05) is 0 Å². The Morgan fingerprint density at radius 2 is 2.07 bits per heavy atom. The minimum Gasteiger partial charge on any atom is -0.550 e. The summed E-state index contributed by atoms with van der Waals surface area (Å²) in [5, 5.41) is 19.4. The summed E-state index contributed by atoms with van der Waals surface area (Å²) in [4.78, 5) is 10.1. The molecule has 0 bridgehead atoms. The molecule has 0 aliphatic heterocycles. The van der Waals surface area contributed by atoms with Crippen molar-refractivity contribution in [3.8, 4) is 17.6 Å². The van der Waals surface area contributed by atoms with Crippen LogP contribution in [-0.4, -0.2) is 11.1 Å². The summed E-state index contributed by atoms with van der Waals surface area (Å²) in [6, 6.07) is 6.92. The molecule has 3 unspecified atom stereocenters. The molecule has 0 amide bonds. The van der Waals surface area contributed by atoms with Gasteiger partial charge in [-0.05, 0) is 68.4 Å². The third kappa shape index (κ3) is 12.9. The van der Waals surface area contributed by atoms with Crippen LogP contribution in [0, 0.1) is 29.6 Å². The van der Waals surface area contributed by atoms with Gasteiger partial charge in [0.1, 0.15) is 5.75 Å². The van der Waals surface area contributed by atoms with Gasteiger partial charge in [0, 0.05) is 12.4 Å². The molecule has 4 heteroatoms. The Morgan fingerprint density at radius 3 is 2.66 bits per heavy atom. The summed E-state index contributed by atoms with van der Waals surface area (Å²) in [7, 11) is 0. The van der Waals surface area contributed by atoms with Crippen molar-refractivity contribution in [1.82, 2.24) is 0 Å². The number of benzene rings is 1. The number of hydrogen-bond donors (Lipinski definition) is 1. The van der Waals surface area contributed by atoms with Crippen molar-refractivity contribution in [2.24, 2.45) is 17.8 Å². The van der Waals surface area contributed by atoms with Crippen molar-refractivity contribution in [3.05, 3.63) is 42.0 Å². The number of aromatic hydroxyl groups is 1. The number of allylic oxidation sites excluding steroid dienone is 2. The Kier molecular flexibility index (Phi) is 15.9. The number of carboxylic acid groups (broad SMARTS) is 1. The third-order valence-electron chi connectivity index (χ3n) is 5.30. The van der Waals surface area contributed by atoms with Gasteiger partial charge in [-0.15, -0.1) is 11.8 Å². The molecule has 29 heavy (non-hydrogen) atoms. The Balaban J connectivity index is 0.000000527. The third-order valence-corrected chi connectivity index (χ3v) is 5.30. The summed E-state index contributed by atoms with van der Waals surface area (Å²) in [5.41, 5.74) is 0.781. The average molecular weight is 407 g/mol. The first kappa shape index (κ1) is 27.8. The molecule has 3 atom stereocenters. The minimum absolute atomic E-state index is 0. The first-order valence-corrected chi connectivity index (χ1v) is 10.5. The zero-order valence-electron chi connectivity index (χ0n) is 18.6. The van der Waals surface area contributed by atoms with E-state index in [9.17, 15) is 15.0 Å². The molecular formula is C25H35NaO3. The van der Waals surface area contributed by atoms with E-state index >= 15 is 0 Å². The van der Waals surface area contributed by atoms with E-state index in [1.165, 1.54) is 25.7 Å². The molecule has 1 aliphatic carbocycles. The maximum absolute atomic E-state index is 10.1. The second-order valence-electron chi connectivity index (χ2n) is 7.83. The van der Waals surface area contributed by atoms with Gasteiger partial charge >= 0.3 is 29.6 Å². The van der Waals surface area contributed by atoms with E-state index in [-0.39, 0.29) is 41.7 Å². The van der Waals surface area contributed by atoms with E-state index in [1.54, 1.807) is 18.2 Å². The van der Waals surface area contributed by atoms with E-state index in [2.05, 4.69) is 37.8 Å². The fourth-order valence-corrected chi connectivity index (χ4v) is 3.45. The number of aryl methyl sites for hydroxylation is 1. The number of para-hydroxylation sites is 1. The van der Waals surface area contributed by atoms with E-state index in [4.69, 9.17) is 0 Å². The van der Waals surface area contributed by atoms with Gasteiger partial charge in [0.2, 0.25) is 0 Å². The molecule has 1 fully saturated rings. The van der Waals surface area contributed by atoms with Gasteiger partial charge < -0.3 is 15.0 Å². The average Bonchev–Trinajstić information content (AvgIpc) is 3.07. The molecule has 0 radical (unpaired) electrons. The zero-order valence-corrected chi connectivity index (χ0v) is 20.6. The summed E-state index contributed by atoms with van der Waals surface area (Å²) in [6.45, 7) is 6.59. The topological polar surface area (TPSA) is 60.4 Å². The monoisotopic (exact) mass is 406 g/mol. The number of phenolic OH excluding ortho intramolecular Hbond substituents is 1. The molecule has 3 nitrogen and oxygen atoms in total. The predicted octanol–water partition coefficient (Wildman–Crippen LogP) is 1.89. The van der Waals surface area contributed by atoms with Crippen LogP contribution in [0.25, 0.3) is 0 Å². The molecule has 154 valence electrons. The Labute approximate surface area is 199 Å². The fourth-order valence-electron chi connectivity index (χ4n) is 3.45. The fraction of sp³-hybridized carbons (Fsp3) is 0.560. The van der Waals surface area contributed by atoms with E-state index in [0.717, 1.165) is 23.8 Å². The van der Waals surface area contributed by atoms with E-state index in [0.29, 0.717) is 18.8 Å². The SMILES string of the molecule is CC#CCC(C)C/C=C/C1CCCC1C.O=C([O-])CCCc1ccccc1O.[Na+]. The quantitative estimate of drug-likeness (QED) is 0.407. The van der Waals surface area contributed by atoms with Crippen LogP contribution in [-0.2, 0) is 11.2 Å². The first-order valence-electron chi connectivity index (χ1n) is 10.5. The van der Waals surface area contributed by atoms with Crippen LogP contribution in [0.15, 0.2) is 36.4 Å². The standard InChI is InChI=1S/C15H24.C10H12O3.Na/c1-4-5-8-13(2)9-6-11-15-12-7-10-14(15)3;11-9-6-2-1-4-8(9)5-3-7-10(12)13;/h6,11,13-15H,7-10,12H2,1-3H3;1-2,4,6,11H,3,5,7H2,(H,12,13);/q;;+1/p-1/b11-6+;;. The number of hydrogen-bond acceptors (Lipinski definition) is 3. The van der Waals surface area contributed by atoms with Crippen molar-refractivity contribution < 1.29 is 44.6 Å². The molecule has 1 saturated carbocycles. The van der Waals surface area contributed by atoms with Crippen LogP contribution in [0.4, 0.5) is 0 Å². The van der Waals surface area contributed by atoms with Crippen molar-refractivity contribution in [2.45, 2.75) is 72.1 Å². The normalized spacial score (nSPS) is 18.7. The number of phenols is 1. The second-order valence-corrected chi connectivity index (χ2v) is 7.83. The number of rotatable bonds is 8. The summed E-state index contributed by atoms with van der Waals surface area (Å²) in [6.07, 6.45) is 12.4. The van der Waals surface area contributed by atoms with Crippen LogP contribution in [0.1, 0.15) is 71.3 Å². The van der Waals surface area contributed by atoms with Crippen LogP contribution in [0.3, 0.4) is 0 Å². The van der Waals surface area contributed by atoms with Gasteiger partial charge in [0.05, 0.1) is 0 Å².